The van der Waals surface area contributed by atoms with E-state index >= 15 is 0 Å². The number of carbonyl (C=O) groups is 1. The third-order valence-electron chi connectivity index (χ3n) is 3.07. The third kappa shape index (κ3) is 2.60. The maximum absolute atomic E-state index is 12.4. The second-order valence-electron chi connectivity index (χ2n) is 4.77. The fraction of sp³-hybridized carbons (Fsp3) is 0.500. The molecule has 1 amide bonds. The number of benzene rings is 1. The number of methoxy groups -OCH3 is 1. The topological polar surface area (TPSA) is 29.5 Å². The molecule has 0 spiro atoms. The molecule has 0 N–H and O–H groups in total. The van der Waals surface area contributed by atoms with Crippen LogP contribution >= 0.6 is 0 Å². The molecule has 0 unspecified atom stereocenters. The summed E-state index contributed by atoms with van der Waals surface area (Å²) in [4.78, 5) is 14.3. The van der Waals surface area contributed by atoms with Crippen molar-refractivity contribution in [2.75, 3.05) is 7.11 Å². The van der Waals surface area contributed by atoms with Crippen molar-refractivity contribution in [3.05, 3.63) is 29.8 Å². The van der Waals surface area contributed by atoms with Gasteiger partial charge in [-0.3, -0.25) is 4.79 Å². The Bertz CT molecular complexity index is 391. The minimum absolute atomic E-state index is 0.130. The summed E-state index contributed by atoms with van der Waals surface area (Å²) in [5.41, 5.74) is 0.742. The standard InChI is InChI=1S/C14H19NO2/c1-10(2)15(12-6-7-12)14(16)11-4-8-13(17-3)9-5-11/h4-5,8-10,12H,6-7H2,1-3H3. The van der Waals surface area contributed by atoms with Crippen LogP contribution in [0.15, 0.2) is 24.3 Å². The summed E-state index contributed by atoms with van der Waals surface area (Å²) in [7, 11) is 1.63. The van der Waals surface area contributed by atoms with Crippen LogP contribution in [0, 0.1) is 0 Å². The molecule has 1 aliphatic rings. The average Bonchev–Trinajstić information content (AvgIpc) is 3.13. The fourth-order valence-corrected chi connectivity index (χ4v) is 2.06. The van der Waals surface area contributed by atoms with Gasteiger partial charge in [0.15, 0.2) is 0 Å². The van der Waals surface area contributed by atoms with E-state index in [0.717, 1.165) is 24.2 Å². The van der Waals surface area contributed by atoms with E-state index in [9.17, 15) is 4.79 Å². The lowest BCUT2D eigenvalue weighted by Gasteiger charge is -2.26. The molecule has 2 rings (SSSR count). The van der Waals surface area contributed by atoms with Crippen molar-refractivity contribution < 1.29 is 9.53 Å². The lowest BCUT2D eigenvalue weighted by Crippen LogP contribution is -2.38. The first kappa shape index (κ1) is 12.0. The predicted octanol–water partition coefficient (Wildman–Crippen LogP) is 2.71. The molecule has 1 aromatic carbocycles. The van der Waals surface area contributed by atoms with E-state index in [2.05, 4.69) is 13.8 Å². The normalized spacial score (nSPS) is 14.8. The number of carbonyl (C=O) groups excluding carboxylic acids is 1. The van der Waals surface area contributed by atoms with E-state index in [1.54, 1.807) is 7.11 Å². The van der Waals surface area contributed by atoms with Crippen molar-refractivity contribution in [1.82, 2.24) is 4.90 Å². The maximum atomic E-state index is 12.4. The molecule has 92 valence electrons. The van der Waals surface area contributed by atoms with Crippen LogP contribution in [0.2, 0.25) is 0 Å². The van der Waals surface area contributed by atoms with Gasteiger partial charge in [0, 0.05) is 17.6 Å². The summed E-state index contributed by atoms with van der Waals surface area (Å²) in [5, 5.41) is 0. The van der Waals surface area contributed by atoms with Crippen molar-refractivity contribution in [3.8, 4) is 5.75 Å². The van der Waals surface area contributed by atoms with Crippen molar-refractivity contribution in [2.24, 2.45) is 0 Å². The molecule has 0 atom stereocenters. The van der Waals surface area contributed by atoms with Crippen LogP contribution in [0.4, 0.5) is 0 Å². The zero-order valence-corrected chi connectivity index (χ0v) is 10.6. The zero-order valence-electron chi connectivity index (χ0n) is 10.6. The Kier molecular flexibility index (Phi) is 3.36. The summed E-state index contributed by atoms with van der Waals surface area (Å²) in [6, 6.07) is 8.04. The SMILES string of the molecule is COc1ccc(C(=O)N(C(C)C)C2CC2)cc1. The minimum Gasteiger partial charge on any atom is -0.497 e. The maximum Gasteiger partial charge on any atom is 0.254 e. The zero-order chi connectivity index (χ0) is 12.4. The first-order valence-corrected chi connectivity index (χ1v) is 6.10. The lowest BCUT2D eigenvalue weighted by molar-refractivity contribution is 0.0690. The van der Waals surface area contributed by atoms with E-state index in [0.29, 0.717) is 6.04 Å². The molecule has 1 saturated carbocycles. The Morgan fingerprint density at radius 3 is 2.29 bits per heavy atom. The second-order valence-corrected chi connectivity index (χ2v) is 4.77. The first-order valence-electron chi connectivity index (χ1n) is 6.10. The molecule has 1 aromatic rings. The number of amides is 1. The molecule has 1 aliphatic carbocycles. The first-order chi connectivity index (χ1) is 8.13. The Morgan fingerprint density at radius 2 is 1.88 bits per heavy atom. The van der Waals surface area contributed by atoms with Crippen LogP contribution < -0.4 is 4.74 Å². The summed E-state index contributed by atoms with van der Waals surface area (Å²) in [6.07, 6.45) is 2.28. The largest absolute Gasteiger partial charge is 0.497 e. The van der Waals surface area contributed by atoms with Gasteiger partial charge in [0.05, 0.1) is 7.11 Å². The van der Waals surface area contributed by atoms with Gasteiger partial charge in [-0.15, -0.1) is 0 Å². The van der Waals surface area contributed by atoms with E-state index in [1.165, 1.54) is 0 Å². The van der Waals surface area contributed by atoms with E-state index in [1.807, 2.05) is 29.2 Å². The van der Waals surface area contributed by atoms with Crippen LogP contribution in [-0.4, -0.2) is 30.0 Å². The van der Waals surface area contributed by atoms with Gasteiger partial charge in [0.1, 0.15) is 5.75 Å². The molecule has 0 heterocycles. The summed E-state index contributed by atoms with van der Waals surface area (Å²) in [6.45, 7) is 4.14. The Balaban J connectivity index is 2.16. The number of hydrogen-bond acceptors (Lipinski definition) is 2. The molecule has 17 heavy (non-hydrogen) atoms. The van der Waals surface area contributed by atoms with Gasteiger partial charge in [-0.05, 0) is 51.0 Å². The highest BCUT2D eigenvalue weighted by atomic mass is 16.5. The van der Waals surface area contributed by atoms with Gasteiger partial charge in [0.2, 0.25) is 0 Å². The van der Waals surface area contributed by atoms with Crippen molar-refractivity contribution >= 4 is 5.91 Å². The van der Waals surface area contributed by atoms with Crippen LogP contribution in [0.1, 0.15) is 37.0 Å². The van der Waals surface area contributed by atoms with Crippen molar-refractivity contribution in [1.29, 1.82) is 0 Å². The smallest absolute Gasteiger partial charge is 0.254 e. The number of hydrogen-bond donors (Lipinski definition) is 0. The number of rotatable bonds is 4. The van der Waals surface area contributed by atoms with E-state index < -0.39 is 0 Å². The third-order valence-corrected chi connectivity index (χ3v) is 3.07. The molecule has 0 radical (unpaired) electrons. The highest BCUT2D eigenvalue weighted by Gasteiger charge is 2.34. The van der Waals surface area contributed by atoms with Gasteiger partial charge in [-0.25, -0.2) is 0 Å². The van der Waals surface area contributed by atoms with Crippen molar-refractivity contribution in [2.45, 2.75) is 38.8 Å². The average molecular weight is 233 g/mol. The second kappa shape index (κ2) is 4.78. The quantitative estimate of drug-likeness (QED) is 0.800. The highest BCUT2D eigenvalue weighted by molar-refractivity contribution is 5.94. The molecule has 0 bridgehead atoms. The predicted molar refractivity (Wildman–Crippen MR) is 67.3 cm³/mol. The molecular formula is C14H19NO2. The van der Waals surface area contributed by atoms with Crippen LogP contribution in [0.5, 0.6) is 5.75 Å². The van der Waals surface area contributed by atoms with Crippen LogP contribution in [-0.2, 0) is 0 Å². The molecule has 0 aliphatic heterocycles. The Hall–Kier alpha value is -1.51. The van der Waals surface area contributed by atoms with E-state index in [-0.39, 0.29) is 11.9 Å². The van der Waals surface area contributed by atoms with Gasteiger partial charge in [-0.2, -0.15) is 0 Å². The number of nitrogens with zero attached hydrogens (tertiary/aromatic N) is 1. The molecule has 3 heteroatoms. The van der Waals surface area contributed by atoms with Gasteiger partial charge < -0.3 is 9.64 Å². The lowest BCUT2D eigenvalue weighted by atomic mass is 10.1. The summed E-state index contributed by atoms with van der Waals surface area (Å²) in [5.74, 6) is 0.911. The van der Waals surface area contributed by atoms with Crippen molar-refractivity contribution in [3.63, 3.8) is 0 Å². The van der Waals surface area contributed by atoms with Crippen LogP contribution in [0.3, 0.4) is 0 Å². The van der Waals surface area contributed by atoms with Gasteiger partial charge in [0.25, 0.3) is 5.91 Å². The fourth-order valence-electron chi connectivity index (χ4n) is 2.06. The van der Waals surface area contributed by atoms with Gasteiger partial charge in [-0.1, -0.05) is 0 Å². The number of ether oxygens (including phenoxy) is 1. The van der Waals surface area contributed by atoms with Gasteiger partial charge >= 0.3 is 0 Å². The summed E-state index contributed by atoms with van der Waals surface area (Å²) < 4.78 is 5.09. The highest BCUT2D eigenvalue weighted by Crippen LogP contribution is 2.30. The van der Waals surface area contributed by atoms with Crippen LogP contribution in [0.25, 0.3) is 0 Å². The molecule has 1 fully saturated rings. The summed E-state index contributed by atoms with van der Waals surface area (Å²) >= 11 is 0. The molecular weight excluding hydrogens is 214 g/mol. The Labute approximate surface area is 102 Å². The minimum atomic E-state index is 0.130. The Morgan fingerprint density at radius 1 is 1.29 bits per heavy atom. The monoisotopic (exact) mass is 233 g/mol. The molecule has 3 nitrogen and oxygen atoms in total. The molecule has 0 saturated heterocycles. The molecule has 0 aromatic heterocycles. The van der Waals surface area contributed by atoms with E-state index in [4.69, 9.17) is 4.74 Å².